The zero-order valence-electron chi connectivity index (χ0n) is 11.9. The molecule has 0 radical (unpaired) electrons. The molecule has 0 bridgehead atoms. The molecule has 1 aliphatic heterocycles. The Labute approximate surface area is 119 Å². The number of sulfonamides is 1. The van der Waals surface area contributed by atoms with E-state index >= 15 is 0 Å². The Bertz CT molecular complexity index is 549. The molecule has 1 aromatic heterocycles. The SMILES string of the molecule is CCCn1cc(S(=O)(=O)NC(C)C2CCCO2)c(N)n1. The van der Waals surface area contributed by atoms with Gasteiger partial charge in [0, 0.05) is 25.4 Å². The number of aromatic nitrogens is 2. The van der Waals surface area contributed by atoms with E-state index in [9.17, 15) is 8.42 Å². The Morgan fingerprint density at radius 2 is 2.40 bits per heavy atom. The van der Waals surface area contributed by atoms with Crippen molar-refractivity contribution in [2.45, 2.75) is 56.7 Å². The molecular weight excluding hydrogens is 280 g/mol. The third kappa shape index (κ3) is 3.31. The van der Waals surface area contributed by atoms with Crippen molar-refractivity contribution >= 4 is 15.8 Å². The highest BCUT2D eigenvalue weighted by atomic mass is 32.2. The van der Waals surface area contributed by atoms with Gasteiger partial charge < -0.3 is 10.5 Å². The van der Waals surface area contributed by atoms with E-state index in [0.29, 0.717) is 13.2 Å². The predicted molar refractivity (Wildman–Crippen MR) is 75.7 cm³/mol. The van der Waals surface area contributed by atoms with Crippen LogP contribution in [0.15, 0.2) is 11.1 Å². The molecule has 0 aromatic carbocycles. The molecule has 3 N–H and O–H groups in total. The van der Waals surface area contributed by atoms with Gasteiger partial charge in [0.2, 0.25) is 10.0 Å². The lowest BCUT2D eigenvalue weighted by Gasteiger charge is -2.19. The molecule has 2 heterocycles. The second-order valence-corrected chi connectivity index (χ2v) is 6.79. The molecule has 0 spiro atoms. The molecule has 0 aliphatic carbocycles. The van der Waals surface area contributed by atoms with Gasteiger partial charge >= 0.3 is 0 Å². The molecule has 2 unspecified atom stereocenters. The van der Waals surface area contributed by atoms with Crippen molar-refractivity contribution in [2.24, 2.45) is 0 Å². The van der Waals surface area contributed by atoms with Crippen LogP contribution in [0.1, 0.15) is 33.1 Å². The number of ether oxygens (including phenoxy) is 1. The van der Waals surface area contributed by atoms with E-state index in [1.807, 2.05) is 6.92 Å². The molecule has 2 rings (SSSR count). The largest absolute Gasteiger partial charge is 0.381 e. The zero-order valence-corrected chi connectivity index (χ0v) is 12.7. The highest BCUT2D eigenvalue weighted by molar-refractivity contribution is 7.89. The van der Waals surface area contributed by atoms with Gasteiger partial charge in [-0.3, -0.25) is 4.68 Å². The van der Waals surface area contributed by atoms with E-state index in [0.717, 1.165) is 19.3 Å². The summed E-state index contributed by atoms with van der Waals surface area (Å²) in [6.45, 7) is 5.12. The molecule has 1 aromatic rings. The van der Waals surface area contributed by atoms with Crippen LogP contribution in [0.5, 0.6) is 0 Å². The summed E-state index contributed by atoms with van der Waals surface area (Å²) in [5.74, 6) is 0.0329. The van der Waals surface area contributed by atoms with Crippen molar-refractivity contribution in [3.05, 3.63) is 6.20 Å². The van der Waals surface area contributed by atoms with Gasteiger partial charge in [-0.2, -0.15) is 5.10 Å². The number of nitrogens with one attached hydrogen (secondary N) is 1. The molecule has 0 amide bonds. The third-order valence-electron chi connectivity index (χ3n) is 3.36. The summed E-state index contributed by atoms with van der Waals surface area (Å²) >= 11 is 0. The smallest absolute Gasteiger partial charge is 0.246 e. The average molecular weight is 302 g/mol. The Kier molecular flexibility index (Phi) is 4.66. The highest BCUT2D eigenvalue weighted by Gasteiger charge is 2.29. The summed E-state index contributed by atoms with van der Waals surface area (Å²) in [7, 11) is -3.66. The van der Waals surface area contributed by atoms with Gasteiger partial charge in [-0.15, -0.1) is 0 Å². The van der Waals surface area contributed by atoms with Crippen LogP contribution >= 0.6 is 0 Å². The first-order valence-corrected chi connectivity index (χ1v) is 8.39. The first kappa shape index (κ1) is 15.3. The minimum atomic E-state index is -3.66. The summed E-state index contributed by atoms with van der Waals surface area (Å²) in [5.41, 5.74) is 5.70. The zero-order chi connectivity index (χ0) is 14.8. The maximum Gasteiger partial charge on any atom is 0.246 e. The number of hydrogen-bond donors (Lipinski definition) is 2. The molecule has 2 atom stereocenters. The number of rotatable bonds is 6. The van der Waals surface area contributed by atoms with E-state index in [2.05, 4.69) is 9.82 Å². The quantitative estimate of drug-likeness (QED) is 0.806. The van der Waals surface area contributed by atoms with Crippen LogP contribution in [0.2, 0.25) is 0 Å². The Morgan fingerprint density at radius 3 is 3.00 bits per heavy atom. The van der Waals surface area contributed by atoms with Crippen LogP contribution < -0.4 is 10.5 Å². The van der Waals surface area contributed by atoms with Gasteiger partial charge in [-0.05, 0) is 26.2 Å². The first-order chi connectivity index (χ1) is 9.44. The van der Waals surface area contributed by atoms with Crippen molar-refractivity contribution in [3.63, 3.8) is 0 Å². The lowest BCUT2D eigenvalue weighted by Crippen LogP contribution is -2.40. The van der Waals surface area contributed by atoms with Crippen LogP contribution in [0.25, 0.3) is 0 Å². The summed E-state index contributed by atoms with van der Waals surface area (Å²) in [5, 5.41) is 4.02. The Hall–Kier alpha value is -1.12. The predicted octanol–water partition coefficient (Wildman–Crippen LogP) is 0.721. The van der Waals surface area contributed by atoms with Crippen LogP contribution in [0.3, 0.4) is 0 Å². The topological polar surface area (TPSA) is 99.2 Å². The number of anilines is 1. The Morgan fingerprint density at radius 1 is 1.65 bits per heavy atom. The van der Waals surface area contributed by atoms with Gasteiger partial charge in [0.05, 0.1) is 6.10 Å². The summed E-state index contributed by atoms with van der Waals surface area (Å²) in [6.07, 6.45) is 4.10. The molecular formula is C12H22N4O3S. The molecule has 1 fully saturated rings. The maximum atomic E-state index is 12.3. The summed E-state index contributed by atoms with van der Waals surface area (Å²) in [4.78, 5) is 0.0378. The van der Waals surface area contributed by atoms with Crippen LogP contribution in [-0.4, -0.2) is 37.0 Å². The third-order valence-corrected chi connectivity index (χ3v) is 4.94. The van der Waals surface area contributed by atoms with Gasteiger partial charge in [0.15, 0.2) is 5.82 Å². The highest BCUT2D eigenvalue weighted by Crippen LogP contribution is 2.20. The van der Waals surface area contributed by atoms with Crippen molar-refractivity contribution in [2.75, 3.05) is 12.3 Å². The molecule has 1 saturated heterocycles. The fourth-order valence-electron chi connectivity index (χ4n) is 2.35. The molecule has 8 heteroatoms. The molecule has 7 nitrogen and oxygen atoms in total. The molecule has 20 heavy (non-hydrogen) atoms. The van der Waals surface area contributed by atoms with Gasteiger partial charge in [0.1, 0.15) is 4.90 Å². The molecule has 114 valence electrons. The van der Waals surface area contributed by atoms with Gasteiger partial charge in [-0.1, -0.05) is 6.92 Å². The number of aryl methyl sites for hydroxylation is 1. The summed E-state index contributed by atoms with van der Waals surface area (Å²) < 4.78 is 34.3. The minimum Gasteiger partial charge on any atom is -0.381 e. The monoisotopic (exact) mass is 302 g/mol. The minimum absolute atomic E-state index is 0.0329. The normalized spacial score (nSPS) is 21.2. The number of hydrogen-bond acceptors (Lipinski definition) is 5. The van der Waals surface area contributed by atoms with Crippen molar-refractivity contribution in [1.82, 2.24) is 14.5 Å². The second kappa shape index (κ2) is 6.11. The number of nitrogen functional groups attached to an aromatic ring is 1. The van der Waals surface area contributed by atoms with Crippen molar-refractivity contribution in [3.8, 4) is 0 Å². The van der Waals surface area contributed by atoms with E-state index in [-0.39, 0.29) is 22.9 Å². The maximum absolute atomic E-state index is 12.3. The second-order valence-electron chi connectivity index (χ2n) is 5.10. The van der Waals surface area contributed by atoms with Crippen LogP contribution in [0.4, 0.5) is 5.82 Å². The lowest BCUT2D eigenvalue weighted by atomic mass is 10.1. The van der Waals surface area contributed by atoms with Crippen molar-refractivity contribution < 1.29 is 13.2 Å². The Balaban J connectivity index is 2.13. The number of nitrogens with two attached hydrogens (primary N) is 1. The molecule has 1 aliphatic rings. The van der Waals surface area contributed by atoms with E-state index < -0.39 is 10.0 Å². The van der Waals surface area contributed by atoms with Crippen LogP contribution in [0, 0.1) is 0 Å². The fourth-order valence-corrected chi connectivity index (χ4v) is 3.69. The van der Waals surface area contributed by atoms with E-state index in [4.69, 9.17) is 10.5 Å². The average Bonchev–Trinajstić information content (AvgIpc) is 2.98. The van der Waals surface area contributed by atoms with Crippen LogP contribution in [-0.2, 0) is 21.3 Å². The first-order valence-electron chi connectivity index (χ1n) is 6.91. The number of nitrogens with zero attached hydrogens (tertiary/aromatic N) is 2. The van der Waals surface area contributed by atoms with Crippen molar-refractivity contribution in [1.29, 1.82) is 0 Å². The standard InChI is InChI=1S/C12H22N4O3S/c1-3-6-16-8-11(12(13)14-16)20(17,18)15-9(2)10-5-4-7-19-10/h8-10,15H,3-7H2,1-2H3,(H2,13,14). The lowest BCUT2D eigenvalue weighted by molar-refractivity contribution is 0.0902. The molecule has 0 saturated carbocycles. The van der Waals surface area contributed by atoms with E-state index in [1.165, 1.54) is 6.20 Å². The fraction of sp³-hybridized carbons (Fsp3) is 0.750. The van der Waals surface area contributed by atoms with Gasteiger partial charge in [-0.25, -0.2) is 13.1 Å². The van der Waals surface area contributed by atoms with E-state index in [1.54, 1.807) is 11.6 Å². The van der Waals surface area contributed by atoms with Gasteiger partial charge in [0.25, 0.3) is 0 Å². The summed E-state index contributed by atoms with van der Waals surface area (Å²) in [6, 6.07) is -0.281.